The zero-order valence-electron chi connectivity index (χ0n) is 16.4. The molecule has 2 aromatic heterocycles. The SMILES string of the molecule is CCC(C)n1c(N2CCNCC2)nc2nc(OC3(C(=O)O)CC3)n(C)c(=O)c21. The maximum atomic E-state index is 13.2. The van der Waals surface area contributed by atoms with Gasteiger partial charge in [-0.05, 0) is 13.3 Å². The number of imidazole rings is 1. The van der Waals surface area contributed by atoms with Gasteiger partial charge in [0.1, 0.15) is 0 Å². The molecule has 0 amide bonds. The van der Waals surface area contributed by atoms with E-state index >= 15 is 0 Å². The number of rotatable bonds is 6. The highest BCUT2D eigenvalue weighted by molar-refractivity contribution is 5.81. The normalized spacial score (nSPS) is 19.6. The summed E-state index contributed by atoms with van der Waals surface area (Å²) >= 11 is 0. The van der Waals surface area contributed by atoms with Gasteiger partial charge in [-0.2, -0.15) is 9.97 Å². The lowest BCUT2D eigenvalue weighted by Gasteiger charge is -2.30. The Morgan fingerprint density at radius 1 is 1.32 bits per heavy atom. The van der Waals surface area contributed by atoms with Gasteiger partial charge in [-0.15, -0.1) is 0 Å². The molecule has 0 radical (unpaired) electrons. The van der Waals surface area contributed by atoms with Gasteiger partial charge in [0.2, 0.25) is 11.5 Å². The predicted octanol–water partition coefficient (Wildman–Crippen LogP) is 0.507. The largest absolute Gasteiger partial charge is 0.478 e. The molecular formula is C18H26N6O4. The molecule has 1 unspecified atom stereocenters. The molecule has 0 bridgehead atoms. The molecule has 10 nitrogen and oxygen atoms in total. The number of hydrogen-bond acceptors (Lipinski definition) is 7. The number of carboxylic acids is 1. The lowest BCUT2D eigenvalue weighted by Crippen LogP contribution is -2.44. The third kappa shape index (κ3) is 2.92. The first-order valence-corrected chi connectivity index (χ1v) is 9.75. The van der Waals surface area contributed by atoms with Gasteiger partial charge in [0.15, 0.2) is 11.2 Å². The third-order valence-corrected chi connectivity index (χ3v) is 5.68. The molecule has 2 fully saturated rings. The molecule has 1 aliphatic carbocycles. The number of nitrogens with one attached hydrogen (secondary N) is 1. The van der Waals surface area contributed by atoms with E-state index in [0.29, 0.717) is 24.0 Å². The van der Waals surface area contributed by atoms with Gasteiger partial charge in [0.25, 0.3) is 5.56 Å². The summed E-state index contributed by atoms with van der Waals surface area (Å²) in [6, 6.07) is 0.0722. The van der Waals surface area contributed by atoms with E-state index in [9.17, 15) is 14.7 Å². The Hall–Kier alpha value is -2.62. The Labute approximate surface area is 162 Å². The maximum absolute atomic E-state index is 13.2. The molecule has 2 aromatic rings. The monoisotopic (exact) mass is 390 g/mol. The van der Waals surface area contributed by atoms with Crippen LogP contribution in [0.2, 0.25) is 0 Å². The number of carboxylic acid groups (broad SMARTS) is 1. The molecule has 1 saturated heterocycles. The fourth-order valence-electron chi connectivity index (χ4n) is 3.52. The van der Waals surface area contributed by atoms with Crippen LogP contribution in [0.1, 0.15) is 39.2 Å². The Balaban J connectivity index is 1.86. The van der Waals surface area contributed by atoms with E-state index in [2.05, 4.69) is 34.0 Å². The van der Waals surface area contributed by atoms with Crippen LogP contribution >= 0.6 is 0 Å². The van der Waals surface area contributed by atoms with Crippen molar-refractivity contribution < 1.29 is 14.6 Å². The van der Waals surface area contributed by atoms with Crippen LogP contribution in [0.15, 0.2) is 4.79 Å². The van der Waals surface area contributed by atoms with Crippen molar-refractivity contribution in [2.24, 2.45) is 7.05 Å². The number of piperazine rings is 1. The first-order valence-electron chi connectivity index (χ1n) is 9.75. The molecule has 2 N–H and O–H groups in total. The highest BCUT2D eigenvalue weighted by Gasteiger charge is 2.54. The van der Waals surface area contributed by atoms with Crippen LogP contribution in [0.3, 0.4) is 0 Å². The highest BCUT2D eigenvalue weighted by atomic mass is 16.5. The van der Waals surface area contributed by atoms with Crippen molar-refractivity contribution in [3.63, 3.8) is 0 Å². The van der Waals surface area contributed by atoms with Crippen LogP contribution in [0.25, 0.3) is 11.2 Å². The zero-order valence-corrected chi connectivity index (χ0v) is 16.4. The molecule has 3 heterocycles. The van der Waals surface area contributed by atoms with Crippen LogP contribution in [0, 0.1) is 0 Å². The number of anilines is 1. The second-order valence-electron chi connectivity index (χ2n) is 7.61. The third-order valence-electron chi connectivity index (χ3n) is 5.68. The van der Waals surface area contributed by atoms with E-state index in [0.717, 1.165) is 38.5 Å². The molecule has 2 aliphatic rings. The van der Waals surface area contributed by atoms with Crippen molar-refractivity contribution in [2.75, 3.05) is 31.1 Å². The van der Waals surface area contributed by atoms with Crippen molar-refractivity contribution in [1.29, 1.82) is 0 Å². The Kier molecular flexibility index (Phi) is 4.53. The maximum Gasteiger partial charge on any atom is 0.348 e. The van der Waals surface area contributed by atoms with Crippen LogP contribution in [-0.4, -0.2) is 62.0 Å². The van der Waals surface area contributed by atoms with E-state index in [-0.39, 0.29) is 17.6 Å². The zero-order chi connectivity index (χ0) is 20.1. The second kappa shape index (κ2) is 6.77. The minimum Gasteiger partial charge on any atom is -0.478 e. The van der Waals surface area contributed by atoms with Crippen LogP contribution in [0.5, 0.6) is 6.01 Å². The van der Waals surface area contributed by atoms with Crippen molar-refractivity contribution >= 4 is 23.1 Å². The first kappa shape index (κ1) is 18.7. The molecule has 1 aliphatic heterocycles. The Morgan fingerprint density at radius 2 is 2.00 bits per heavy atom. The van der Waals surface area contributed by atoms with Crippen LogP contribution < -0.4 is 20.5 Å². The Bertz CT molecular complexity index is 971. The molecule has 28 heavy (non-hydrogen) atoms. The number of ether oxygens (including phenoxy) is 1. The molecule has 152 valence electrons. The van der Waals surface area contributed by atoms with Gasteiger partial charge in [0, 0.05) is 52.1 Å². The molecular weight excluding hydrogens is 364 g/mol. The fraction of sp³-hybridized carbons (Fsp3) is 0.667. The Morgan fingerprint density at radius 3 is 2.57 bits per heavy atom. The van der Waals surface area contributed by atoms with Gasteiger partial charge in [-0.3, -0.25) is 9.36 Å². The molecule has 4 rings (SSSR count). The number of aliphatic carboxylic acids is 1. The summed E-state index contributed by atoms with van der Waals surface area (Å²) in [6.45, 7) is 7.42. The summed E-state index contributed by atoms with van der Waals surface area (Å²) in [5.41, 5.74) is -0.827. The van der Waals surface area contributed by atoms with Gasteiger partial charge in [0.05, 0.1) is 0 Å². The molecule has 1 atom stereocenters. The van der Waals surface area contributed by atoms with E-state index in [1.165, 1.54) is 4.57 Å². The minimum atomic E-state index is -1.27. The quantitative estimate of drug-likeness (QED) is 0.733. The number of fused-ring (bicyclic) bond motifs is 1. The number of carbonyl (C=O) groups is 1. The summed E-state index contributed by atoms with van der Waals surface area (Å²) in [7, 11) is 1.56. The van der Waals surface area contributed by atoms with Crippen molar-refractivity contribution in [3.8, 4) is 6.01 Å². The predicted molar refractivity (Wildman–Crippen MR) is 103 cm³/mol. The summed E-state index contributed by atoms with van der Waals surface area (Å²) in [4.78, 5) is 35.9. The highest BCUT2D eigenvalue weighted by Crippen LogP contribution is 2.40. The van der Waals surface area contributed by atoms with Gasteiger partial charge < -0.3 is 24.6 Å². The molecule has 10 heteroatoms. The number of aromatic nitrogens is 4. The summed E-state index contributed by atoms with van der Waals surface area (Å²) in [5.74, 6) is -0.305. The van der Waals surface area contributed by atoms with Gasteiger partial charge in [-0.25, -0.2) is 4.79 Å². The van der Waals surface area contributed by atoms with Crippen molar-refractivity contribution in [1.82, 2.24) is 24.4 Å². The number of nitrogens with zero attached hydrogens (tertiary/aromatic N) is 5. The van der Waals surface area contributed by atoms with E-state index in [1.54, 1.807) is 7.05 Å². The van der Waals surface area contributed by atoms with E-state index in [4.69, 9.17) is 4.74 Å². The van der Waals surface area contributed by atoms with E-state index in [1.807, 2.05) is 4.57 Å². The van der Waals surface area contributed by atoms with E-state index < -0.39 is 11.6 Å². The fourth-order valence-corrected chi connectivity index (χ4v) is 3.52. The van der Waals surface area contributed by atoms with Gasteiger partial charge >= 0.3 is 12.0 Å². The van der Waals surface area contributed by atoms with Crippen molar-refractivity contribution in [2.45, 2.75) is 44.8 Å². The molecule has 0 spiro atoms. The average molecular weight is 390 g/mol. The average Bonchev–Trinajstić information content (AvgIpc) is 3.39. The lowest BCUT2D eigenvalue weighted by molar-refractivity contribution is -0.147. The minimum absolute atomic E-state index is 0.00179. The second-order valence-corrected chi connectivity index (χ2v) is 7.61. The standard InChI is InChI=1S/C18H26N6O4/c1-4-11(2)24-12-13(20-16(24)23-9-7-19-8-10-23)21-17(22(3)14(12)25)28-18(5-6-18)15(26)27/h11,19H,4-10H2,1-3H3,(H,26,27). The lowest BCUT2D eigenvalue weighted by atomic mass is 10.2. The van der Waals surface area contributed by atoms with Gasteiger partial charge in [-0.1, -0.05) is 6.92 Å². The summed E-state index contributed by atoms with van der Waals surface area (Å²) < 4.78 is 8.90. The first-order chi connectivity index (χ1) is 13.4. The van der Waals surface area contributed by atoms with Crippen LogP contribution in [0.4, 0.5) is 5.95 Å². The topological polar surface area (TPSA) is 115 Å². The molecule has 1 saturated carbocycles. The van der Waals surface area contributed by atoms with Crippen LogP contribution in [-0.2, 0) is 11.8 Å². The smallest absolute Gasteiger partial charge is 0.348 e. The van der Waals surface area contributed by atoms with Crippen molar-refractivity contribution in [3.05, 3.63) is 10.4 Å². The number of hydrogen-bond donors (Lipinski definition) is 2. The summed E-state index contributed by atoms with van der Waals surface area (Å²) in [6.07, 6.45) is 1.65. The summed E-state index contributed by atoms with van der Waals surface area (Å²) in [5, 5.41) is 12.7. The molecule has 0 aromatic carbocycles.